The van der Waals surface area contributed by atoms with E-state index in [4.69, 9.17) is 0 Å². The molecule has 3 aromatic heterocycles. The average molecular weight is 377 g/mol. The third-order valence-corrected chi connectivity index (χ3v) is 4.99. The molecule has 0 spiro atoms. The average Bonchev–Trinajstić information content (AvgIpc) is 3.14. The molecule has 4 rings (SSSR count). The fraction of sp³-hybridized carbons (Fsp3) is 0.350. The topological polar surface area (TPSA) is 88.8 Å². The van der Waals surface area contributed by atoms with Gasteiger partial charge in [0.05, 0.1) is 5.92 Å². The van der Waals surface area contributed by atoms with Crippen LogP contribution in [0.25, 0.3) is 5.82 Å². The van der Waals surface area contributed by atoms with Crippen molar-refractivity contribution in [1.29, 1.82) is 0 Å². The monoisotopic (exact) mass is 377 g/mol. The van der Waals surface area contributed by atoms with Crippen LogP contribution in [0.1, 0.15) is 24.2 Å². The Morgan fingerprint density at radius 2 is 1.93 bits per heavy atom. The zero-order valence-corrected chi connectivity index (χ0v) is 16.0. The molecule has 4 heterocycles. The van der Waals surface area contributed by atoms with E-state index < -0.39 is 0 Å². The van der Waals surface area contributed by atoms with Crippen LogP contribution in [-0.4, -0.2) is 43.7 Å². The first-order valence-electron chi connectivity index (χ1n) is 9.42. The van der Waals surface area contributed by atoms with E-state index >= 15 is 0 Å². The molecule has 0 saturated carbocycles. The summed E-state index contributed by atoms with van der Waals surface area (Å²) in [5.74, 6) is 2.88. The summed E-state index contributed by atoms with van der Waals surface area (Å²) in [6.45, 7) is 5.39. The van der Waals surface area contributed by atoms with Crippen molar-refractivity contribution >= 4 is 17.5 Å². The van der Waals surface area contributed by atoms with E-state index in [-0.39, 0.29) is 11.8 Å². The maximum atomic E-state index is 12.7. The summed E-state index contributed by atoms with van der Waals surface area (Å²) in [7, 11) is 0. The molecule has 1 unspecified atom stereocenters. The Morgan fingerprint density at radius 1 is 1.11 bits per heavy atom. The highest BCUT2D eigenvalue weighted by Gasteiger charge is 2.27. The van der Waals surface area contributed by atoms with Crippen molar-refractivity contribution in [3.8, 4) is 5.82 Å². The van der Waals surface area contributed by atoms with Crippen molar-refractivity contribution in [2.75, 3.05) is 23.3 Å². The molecule has 8 heteroatoms. The minimum Gasteiger partial charge on any atom is -0.354 e. The van der Waals surface area contributed by atoms with E-state index in [2.05, 4.69) is 30.4 Å². The molecule has 0 aromatic carbocycles. The first-order chi connectivity index (χ1) is 13.6. The molecule has 1 amide bonds. The second-order valence-electron chi connectivity index (χ2n) is 7.09. The molecule has 1 saturated heterocycles. The van der Waals surface area contributed by atoms with Crippen LogP contribution in [0.15, 0.2) is 42.9 Å². The van der Waals surface area contributed by atoms with Gasteiger partial charge >= 0.3 is 0 Å². The number of imidazole rings is 1. The van der Waals surface area contributed by atoms with Gasteiger partial charge in [0, 0.05) is 31.7 Å². The van der Waals surface area contributed by atoms with Gasteiger partial charge in [-0.15, -0.1) is 10.2 Å². The first-order valence-corrected chi connectivity index (χ1v) is 9.42. The van der Waals surface area contributed by atoms with Gasteiger partial charge in [0.15, 0.2) is 11.6 Å². The summed E-state index contributed by atoms with van der Waals surface area (Å²) >= 11 is 0. The van der Waals surface area contributed by atoms with Gasteiger partial charge in [0.1, 0.15) is 11.6 Å². The zero-order valence-electron chi connectivity index (χ0n) is 16.0. The molecule has 8 nitrogen and oxygen atoms in total. The molecule has 144 valence electrons. The van der Waals surface area contributed by atoms with Gasteiger partial charge in [-0.3, -0.25) is 9.36 Å². The molecule has 1 aliphatic heterocycles. The fourth-order valence-corrected chi connectivity index (χ4v) is 3.47. The molecule has 28 heavy (non-hydrogen) atoms. The number of rotatable bonds is 4. The number of carbonyl (C=O) groups is 1. The standard InChI is InChI=1S/C20H23N7O/c1-14-7-8-22-17(12-14)23-20(28)16-4-3-10-26(13-16)18-5-6-19(25-24-18)27-11-9-21-15(27)2/h5-9,11-12,16H,3-4,10,13H2,1-2H3,(H,22,23,28). The van der Waals surface area contributed by atoms with Crippen molar-refractivity contribution in [2.24, 2.45) is 5.92 Å². The summed E-state index contributed by atoms with van der Waals surface area (Å²) in [6, 6.07) is 7.66. The maximum Gasteiger partial charge on any atom is 0.230 e. The Hall–Kier alpha value is -3.29. The van der Waals surface area contributed by atoms with Gasteiger partial charge < -0.3 is 10.2 Å². The van der Waals surface area contributed by atoms with E-state index in [9.17, 15) is 4.79 Å². The van der Waals surface area contributed by atoms with Crippen LogP contribution in [0.5, 0.6) is 0 Å². The molecule has 3 aromatic rings. The third kappa shape index (κ3) is 3.85. The molecule has 1 aliphatic rings. The van der Waals surface area contributed by atoms with Crippen LogP contribution in [0.3, 0.4) is 0 Å². The second-order valence-corrected chi connectivity index (χ2v) is 7.09. The van der Waals surface area contributed by atoms with Crippen molar-refractivity contribution in [2.45, 2.75) is 26.7 Å². The number of aromatic nitrogens is 5. The minimum absolute atomic E-state index is 0.00131. The van der Waals surface area contributed by atoms with Crippen LogP contribution in [0.2, 0.25) is 0 Å². The minimum atomic E-state index is -0.103. The number of hydrogen-bond acceptors (Lipinski definition) is 6. The molecule has 0 bridgehead atoms. The predicted molar refractivity (Wildman–Crippen MR) is 106 cm³/mol. The Labute approximate surface area is 163 Å². The summed E-state index contributed by atoms with van der Waals surface area (Å²) in [5, 5.41) is 11.6. The molecule has 1 fully saturated rings. The molecule has 0 aliphatic carbocycles. The summed E-state index contributed by atoms with van der Waals surface area (Å²) in [4.78, 5) is 23.2. The fourth-order valence-electron chi connectivity index (χ4n) is 3.47. The molecule has 1 atom stereocenters. The lowest BCUT2D eigenvalue weighted by Crippen LogP contribution is -2.41. The van der Waals surface area contributed by atoms with Gasteiger partial charge in [-0.05, 0) is 56.5 Å². The van der Waals surface area contributed by atoms with Gasteiger partial charge in [0.25, 0.3) is 0 Å². The highest BCUT2D eigenvalue weighted by molar-refractivity contribution is 5.92. The van der Waals surface area contributed by atoms with Crippen LogP contribution >= 0.6 is 0 Å². The third-order valence-electron chi connectivity index (χ3n) is 4.99. The normalized spacial score (nSPS) is 16.8. The zero-order chi connectivity index (χ0) is 19.5. The lowest BCUT2D eigenvalue weighted by atomic mass is 9.97. The number of amides is 1. The lowest BCUT2D eigenvalue weighted by molar-refractivity contribution is -0.120. The number of aryl methyl sites for hydroxylation is 2. The van der Waals surface area contributed by atoms with Crippen LogP contribution < -0.4 is 10.2 Å². The highest BCUT2D eigenvalue weighted by Crippen LogP contribution is 2.23. The van der Waals surface area contributed by atoms with Crippen molar-refractivity contribution in [3.05, 3.63) is 54.2 Å². The maximum absolute atomic E-state index is 12.7. The largest absolute Gasteiger partial charge is 0.354 e. The smallest absolute Gasteiger partial charge is 0.230 e. The SMILES string of the molecule is Cc1ccnc(NC(=O)C2CCCN(c3ccc(-n4ccnc4C)nn3)C2)c1. The van der Waals surface area contributed by atoms with Gasteiger partial charge in [-0.1, -0.05) is 0 Å². The number of carbonyl (C=O) groups excluding carboxylic acids is 1. The van der Waals surface area contributed by atoms with Crippen molar-refractivity contribution in [1.82, 2.24) is 24.7 Å². The number of nitrogens with one attached hydrogen (secondary N) is 1. The van der Waals surface area contributed by atoms with Crippen LogP contribution in [0.4, 0.5) is 11.6 Å². The Balaban J connectivity index is 1.43. The second kappa shape index (κ2) is 7.75. The van der Waals surface area contributed by atoms with Crippen LogP contribution in [0, 0.1) is 19.8 Å². The first kappa shape index (κ1) is 18.1. The molecular weight excluding hydrogens is 354 g/mol. The van der Waals surface area contributed by atoms with Gasteiger partial charge in [-0.2, -0.15) is 0 Å². The van der Waals surface area contributed by atoms with E-state index in [0.29, 0.717) is 12.4 Å². The van der Waals surface area contributed by atoms with Crippen molar-refractivity contribution in [3.63, 3.8) is 0 Å². The summed E-state index contributed by atoms with van der Waals surface area (Å²) in [5.41, 5.74) is 1.07. The Bertz CT molecular complexity index is 967. The number of pyridine rings is 1. The summed E-state index contributed by atoms with van der Waals surface area (Å²) in [6.07, 6.45) is 7.09. The number of piperidine rings is 1. The van der Waals surface area contributed by atoms with E-state index in [1.807, 2.05) is 48.9 Å². The summed E-state index contributed by atoms with van der Waals surface area (Å²) < 4.78 is 1.89. The Morgan fingerprint density at radius 3 is 2.64 bits per heavy atom. The molecular formula is C20H23N7O. The lowest BCUT2D eigenvalue weighted by Gasteiger charge is -2.32. The molecule has 0 radical (unpaired) electrons. The van der Waals surface area contributed by atoms with E-state index in [1.54, 1.807) is 12.4 Å². The Kier molecular flexibility index (Phi) is 5.01. The number of nitrogens with zero attached hydrogens (tertiary/aromatic N) is 6. The van der Waals surface area contributed by atoms with E-state index in [0.717, 1.165) is 42.4 Å². The highest BCUT2D eigenvalue weighted by atomic mass is 16.2. The van der Waals surface area contributed by atoms with Gasteiger partial charge in [-0.25, -0.2) is 9.97 Å². The number of hydrogen-bond donors (Lipinski definition) is 1. The quantitative estimate of drug-likeness (QED) is 0.752. The molecule has 1 N–H and O–H groups in total. The number of anilines is 2. The van der Waals surface area contributed by atoms with Crippen LogP contribution in [-0.2, 0) is 4.79 Å². The van der Waals surface area contributed by atoms with Gasteiger partial charge in [0.2, 0.25) is 5.91 Å². The van der Waals surface area contributed by atoms with Crippen molar-refractivity contribution < 1.29 is 4.79 Å². The van der Waals surface area contributed by atoms with E-state index in [1.165, 1.54) is 0 Å². The predicted octanol–water partition coefficient (Wildman–Crippen LogP) is 2.53.